The summed E-state index contributed by atoms with van der Waals surface area (Å²) in [5.74, 6) is 0. The molecule has 0 aliphatic heterocycles. The first-order chi connectivity index (χ1) is 8.27. The van der Waals surface area contributed by atoms with Crippen LogP contribution in [0.1, 0.15) is 52.6 Å². The quantitative estimate of drug-likeness (QED) is 0.873. The van der Waals surface area contributed by atoms with Crippen molar-refractivity contribution in [1.29, 1.82) is 0 Å². The van der Waals surface area contributed by atoms with Crippen molar-refractivity contribution in [3.05, 3.63) is 29.8 Å². The number of benzene rings is 1. The average molecular weight is 248 g/mol. The van der Waals surface area contributed by atoms with Gasteiger partial charge in [0.2, 0.25) is 0 Å². The van der Waals surface area contributed by atoms with Gasteiger partial charge >= 0.3 is 0 Å². The molecule has 0 aliphatic rings. The van der Waals surface area contributed by atoms with Crippen LogP contribution >= 0.6 is 0 Å². The summed E-state index contributed by atoms with van der Waals surface area (Å²) in [6.45, 7) is 11.2. The Hall–Kier alpha value is -1.02. The minimum Gasteiger partial charge on any atom is -0.371 e. The lowest BCUT2D eigenvalue weighted by Gasteiger charge is -2.37. The maximum absolute atomic E-state index is 6.04. The molecule has 1 aromatic rings. The van der Waals surface area contributed by atoms with Gasteiger partial charge in [0.1, 0.15) is 0 Å². The molecule has 0 bridgehead atoms. The third-order valence-electron chi connectivity index (χ3n) is 4.00. The van der Waals surface area contributed by atoms with Crippen molar-refractivity contribution in [2.24, 2.45) is 11.1 Å². The SMILES string of the molecule is CC[C@H](N)c1ccc(N(C)C(C)C(C)(C)C)cc1. The Morgan fingerprint density at radius 3 is 2.06 bits per heavy atom. The van der Waals surface area contributed by atoms with E-state index in [0.717, 1.165) is 6.42 Å². The molecule has 0 heterocycles. The number of nitrogens with two attached hydrogens (primary N) is 1. The van der Waals surface area contributed by atoms with Gasteiger partial charge in [-0.2, -0.15) is 0 Å². The minimum absolute atomic E-state index is 0.157. The lowest BCUT2D eigenvalue weighted by Crippen LogP contribution is -2.39. The zero-order chi connectivity index (χ0) is 13.9. The standard InChI is InChI=1S/C16H28N2/c1-7-15(17)13-8-10-14(11-9-13)18(6)12(2)16(3,4)5/h8-12,15H,7,17H2,1-6H3/t12?,15-/m0/s1. The summed E-state index contributed by atoms with van der Waals surface area (Å²) in [6, 6.07) is 9.29. The predicted octanol–water partition coefficient (Wildman–Crippen LogP) is 3.97. The van der Waals surface area contributed by atoms with Gasteiger partial charge in [0, 0.05) is 24.8 Å². The molecule has 0 aliphatic carbocycles. The van der Waals surface area contributed by atoms with Crippen LogP contribution in [-0.2, 0) is 0 Å². The molecule has 2 heteroatoms. The molecule has 1 rings (SSSR count). The Kier molecular flexibility index (Phi) is 4.80. The van der Waals surface area contributed by atoms with Crippen molar-refractivity contribution in [3.8, 4) is 0 Å². The summed E-state index contributed by atoms with van der Waals surface area (Å²) in [5, 5.41) is 0. The molecule has 0 saturated heterocycles. The molecule has 0 radical (unpaired) electrons. The van der Waals surface area contributed by atoms with Crippen molar-refractivity contribution in [3.63, 3.8) is 0 Å². The van der Waals surface area contributed by atoms with E-state index in [2.05, 4.69) is 70.8 Å². The summed E-state index contributed by atoms with van der Waals surface area (Å²) in [7, 11) is 2.16. The Bertz CT molecular complexity index is 362. The molecule has 2 atom stereocenters. The largest absolute Gasteiger partial charge is 0.371 e. The van der Waals surface area contributed by atoms with E-state index in [-0.39, 0.29) is 11.5 Å². The predicted molar refractivity (Wildman–Crippen MR) is 81.0 cm³/mol. The van der Waals surface area contributed by atoms with Crippen LogP contribution in [0.4, 0.5) is 5.69 Å². The summed E-state index contributed by atoms with van der Waals surface area (Å²) in [4.78, 5) is 2.33. The molecular weight excluding hydrogens is 220 g/mol. The summed E-state index contributed by atoms with van der Waals surface area (Å²) in [5.41, 5.74) is 8.78. The van der Waals surface area contributed by atoms with Crippen LogP contribution < -0.4 is 10.6 Å². The van der Waals surface area contributed by atoms with E-state index in [1.807, 2.05) is 0 Å². The Morgan fingerprint density at radius 1 is 1.17 bits per heavy atom. The highest BCUT2D eigenvalue weighted by atomic mass is 15.1. The van der Waals surface area contributed by atoms with Crippen LogP contribution in [0.25, 0.3) is 0 Å². The molecule has 0 aromatic heterocycles. The van der Waals surface area contributed by atoms with Gasteiger partial charge in [-0.15, -0.1) is 0 Å². The summed E-state index contributed by atoms with van der Waals surface area (Å²) < 4.78 is 0. The Labute approximate surface area is 112 Å². The molecule has 2 N–H and O–H groups in total. The number of hydrogen-bond acceptors (Lipinski definition) is 2. The fraction of sp³-hybridized carbons (Fsp3) is 0.625. The van der Waals surface area contributed by atoms with Crippen molar-refractivity contribution in [2.75, 3.05) is 11.9 Å². The Balaban J connectivity index is 2.85. The first kappa shape index (κ1) is 15.0. The zero-order valence-corrected chi connectivity index (χ0v) is 12.7. The molecule has 102 valence electrons. The summed E-state index contributed by atoms with van der Waals surface area (Å²) >= 11 is 0. The molecule has 1 aromatic carbocycles. The number of rotatable bonds is 4. The normalized spacial score (nSPS) is 15.3. The molecule has 0 saturated carbocycles. The third kappa shape index (κ3) is 3.49. The Morgan fingerprint density at radius 2 is 1.67 bits per heavy atom. The van der Waals surface area contributed by atoms with Crippen LogP contribution in [0, 0.1) is 5.41 Å². The fourth-order valence-corrected chi connectivity index (χ4v) is 2.00. The van der Waals surface area contributed by atoms with Crippen molar-refractivity contribution in [1.82, 2.24) is 0 Å². The minimum atomic E-state index is 0.157. The monoisotopic (exact) mass is 248 g/mol. The zero-order valence-electron chi connectivity index (χ0n) is 12.7. The maximum atomic E-state index is 6.04. The highest BCUT2D eigenvalue weighted by molar-refractivity contribution is 5.48. The van der Waals surface area contributed by atoms with E-state index in [9.17, 15) is 0 Å². The van der Waals surface area contributed by atoms with E-state index >= 15 is 0 Å². The average Bonchev–Trinajstić information content (AvgIpc) is 2.35. The van der Waals surface area contributed by atoms with Crippen LogP contribution in [0.5, 0.6) is 0 Å². The first-order valence-corrected chi connectivity index (χ1v) is 6.85. The van der Waals surface area contributed by atoms with Gasteiger partial charge in [-0.25, -0.2) is 0 Å². The van der Waals surface area contributed by atoms with Crippen LogP contribution in [0.15, 0.2) is 24.3 Å². The van der Waals surface area contributed by atoms with Crippen molar-refractivity contribution < 1.29 is 0 Å². The molecule has 2 nitrogen and oxygen atoms in total. The highest BCUT2D eigenvalue weighted by Gasteiger charge is 2.24. The summed E-state index contributed by atoms with van der Waals surface area (Å²) in [6.07, 6.45) is 0.980. The van der Waals surface area contributed by atoms with Gasteiger partial charge in [-0.05, 0) is 36.5 Å². The molecule has 0 fully saturated rings. The van der Waals surface area contributed by atoms with Gasteiger partial charge in [-0.3, -0.25) is 0 Å². The topological polar surface area (TPSA) is 29.3 Å². The van der Waals surface area contributed by atoms with Gasteiger partial charge in [0.15, 0.2) is 0 Å². The van der Waals surface area contributed by atoms with E-state index in [0.29, 0.717) is 6.04 Å². The number of nitrogens with zero attached hydrogens (tertiary/aromatic N) is 1. The van der Waals surface area contributed by atoms with Crippen LogP contribution in [0.3, 0.4) is 0 Å². The van der Waals surface area contributed by atoms with Gasteiger partial charge in [0.05, 0.1) is 0 Å². The third-order valence-corrected chi connectivity index (χ3v) is 4.00. The molecule has 0 spiro atoms. The number of anilines is 1. The van der Waals surface area contributed by atoms with Gasteiger partial charge < -0.3 is 10.6 Å². The van der Waals surface area contributed by atoms with Crippen molar-refractivity contribution in [2.45, 2.75) is 53.1 Å². The van der Waals surface area contributed by atoms with E-state index in [4.69, 9.17) is 5.73 Å². The fourth-order valence-electron chi connectivity index (χ4n) is 2.00. The van der Waals surface area contributed by atoms with E-state index in [1.165, 1.54) is 11.3 Å². The van der Waals surface area contributed by atoms with Crippen LogP contribution in [0.2, 0.25) is 0 Å². The molecule has 18 heavy (non-hydrogen) atoms. The molecular formula is C16H28N2. The second kappa shape index (κ2) is 5.75. The first-order valence-electron chi connectivity index (χ1n) is 6.85. The maximum Gasteiger partial charge on any atom is 0.0366 e. The lowest BCUT2D eigenvalue weighted by atomic mass is 9.87. The molecule has 1 unspecified atom stereocenters. The van der Waals surface area contributed by atoms with Crippen LogP contribution in [-0.4, -0.2) is 13.1 Å². The second-order valence-corrected chi connectivity index (χ2v) is 6.26. The van der Waals surface area contributed by atoms with Gasteiger partial charge in [-0.1, -0.05) is 39.8 Å². The highest BCUT2D eigenvalue weighted by Crippen LogP contribution is 2.28. The molecule has 0 amide bonds. The van der Waals surface area contributed by atoms with E-state index in [1.54, 1.807) is 0 Å². The lowest BCUT2D eigenvalue weighted by molar-refractivity contribution is 0.330. The van der Waals surface area contributed by atoms with Crippen molar-refractivity contribution >= 4 is 5.69 Å². The number of hydrogen-bond donors (Lipinski definition) is 1. The second-order valence-electron chi connectivity index (χ2n) is 6.26. The van der Waals surface area contributed by atoms with Gasteiger partial charge in [0.25, 0.3) is 0 Å². The van der Waals surface area contributed by atoms with E-state index < -0.39 is 0 Å². The smallest absolute Gasteiger partial charge is 0.0366 e.